The van der Waals surface area contributed by atoms with E-state index in [2.05, 4.69) is 0 Å². The molecule has 0 radical (unpaired) electrons. The van der Waals surface area contributed by atoms with Crippen molar-refractivity contribution in [2.24, 2.45) is 22.6 Å². The van der Waals surface area contributed by atoms with E-state index in [-0.39, 0.29) is 5.41 Å². The number of hydrogen-bond donors (Lipinski definition) is 3. The molecular weight excluding hydrogens is 162 g/mol. The lowest BCUT2D eigenvalue weighted by Crippen LogP contribution is -2.65. The number of hydrogen-bond acceptors (Lipinski definition) is 3. The van der Waals surface area contributed by atoms with Gasteiger partial charge in [-0.2, -0.15) is 0 Å². The average molecular weight is 185 g/mol. The molecule has 6 N–H and O–H groups in total. The Morgan fingerprint density at radius 2 is 1.69 bits per heavy atom. The van der Waals surface area contributed by atoms with Gasteiger partial charge in [0.2, 0.25) is 0 Å². The first-order chi connectivity index (χ1) is 6.08. The largest absolute Gasteiger partial charge is 0.330 e. The summed E-state index contributed by atoms with van der Waals surface area (Å²) < 4.78 is 0. The van der Waals surface area contributed by atoms with Crippen LogP contribution in [0, 0.1) is 5.41 Å². The molecule has 0 aliphatic heterocycles. The molecule has 1 fully saturated rings. The SMILES string of the molecule is CCC(N)(N)C1(CN)CCCCC1. The van der Waals surface area contributed by atoms with Gasteiger partial charge in [0.05, 0.1) is 5.66 Å². The average Bonchev–Trinajstić information content (AvgIpc) is 2.18. The molecule has 3 heteroatoms. The third kappa shape index (κ3) is 1.87. The Morgan fingerprint density at radius 1 is 1.15 bits per heavy atom. The molecule has 0 amide bonds. The van der Waals surface area contributed by atoms with Gasteiger partial charge in [0.25, 0.3) is 0 Å². The van der Waals surface area contributed by atoms with Crippen molar-refractivity contribution in [3.05, 3.63) is 0 Å². The Labute approximate surface area is 81.0 Å². The molecule has 0 aromatic rings. The van der Waals surface area contributed by atoms with Crippen molar-refractivity contribution in [1.29, 1.82) is 0 Å². The zero-order valence-electron chi connectivity index (χ0n) is 8.68. The maximum Gasteiger partial charge on any atom is 0.0704 e. The minimum absolute atomic E-state index is 0. The molecule has 1 rings (SSSR count). The van der Waals surface area contributed by atoms with Crippen LogP contribution in [-0.2, 0) is 0 Å². The highest BCUT2D eigenvalue weighted by Crippen LogP contribution is 2.41. The van der Waals surface area contributed by atoms with Crippen LogP contribution in [0.25, 0.3) is 0 Å². The van der Waals surface area contributed by atoms with Gasteiger partial charge in [-0.05, 0) is 19.3 Å². The van der Waals surface area contributed by atoms with Crippen LogP contribution in [0.1, 0.15) is 45.4 Å². The standard InChI is InChI=1S/C10H23N3/c1-2-10(12,13)9(8-11)6-4-3-5-7-9/h2-8,11-13H2,1H3. The molecule has 0 aromatic carbocycles. The predicted molar refractivity (Wildman–Crippen MR) is 56.0 cm³/mol. The van der Waals surface area contributed by atoms with Crippen LogP contribution in [-0.4, -0.2) is 12.2 Å². The van der Waals surface area contributed by atoms with Crippen molar-refractivity contribution >= 4 is 0 Å². The van der Waals surface area contributed by atoms with Gasteiger partial charge in [0, 0.05) is 12.0 Å². The van der Waals surface area contributed by atoms with Gasteiger partial charge in [0.1, 0.15) is 0 Å². The Bertz CT molecular complexity index is 160. The third-order valence-corrected chi connectivity index (χ3v) is 3.77. The van der Waals surface area contributed by atoms with Crippen LogP contribution in [0.4, 0.5) is 0 Å². The highest BCUT2D eigenvalue weighted by atomic mass is 15.0. The van der Waals surface area contributed by atoms with Crippen molar-refractivity contribution in [2.45, 2.75) is 51.1 Å². The molecule has 1 aliphatic rings. The first kappa shape index (κ1) is 11.0. The first-order valence-electron chi connectivity index (χ1n) is 5.36. The van der Waals surface area contributed by atoms with Crippen molar-refractivity contribution in [3.63, 3.8) is 0 Å². The van der Waals surface area contributed by atoms with Crippen LogP contribution in [0.3, 0.4) is 0 Å². The van der Waals surface area contributed by atoms with E-state index in [4.69, 9.17) is 17.2 Å². The zero-order valence-corrected chi connectivity index (χ0v) is 8.68. The Morgan fingerprint density at radius 3 is 2.08 bits per heavy atom. The molecular formula is C10H23N3. The fourth-order valence-electron chi connectivity index (χ4n) is 2.46. The van der Waals surface area contributed by atoms with Crippen molar-refractivity contribution in [2.75, 3.05) is 6.54 Å². The van der Waals surface area contributed by atoms with Crippen molar-refractivity contribution < 1.29 is 0 Å². The lowest BCUT2D eigenvalue weighted by atomic mass is 9.65. The lowest BCUT2D eigenvalue weighted by molar-refractivity contribution is 0.0754. The Kier molecular flexibility index (Phi) is 3.33. The van der Waals surface area contributed by atoms with E-state index >= 15 is 0 Å². The molecule has 1 saturated carbocycles. The first-order valence-corrected chi connectivity index (χ1v) is 5.36. The van der Waals surface area contributed by atoms with Crippen LogP contribution in [0.2, 0.25) is 0 Å². The van der Waals surface area contributed by atoms with Gasteiger partial charge >= 0.3 is 0 Å². The monoisotopic (exact) mass is 185 g/mol. The fourth-order valence-corrected chi connectivity index (χ4v) is 2.46. The maximum atomic E-state index is 6.13. The summed E-state index contributed by atoms with van der Waals surface area (Å²) in [6, 6.07) is 0. The lowest BCUT2D eigenvalue weighted by Gasteiger charge is -2.47. The summed E-state index contributed by atoms with van der Waals surface area (Å²) >= 11 is 0. The van der Waals surface area contributed by atoms with Crippen molar-refractivity contribution in [1.82, 2.24) is 0 Å². The van der Waals surface area contributed by atoms with E-state index in [0.717, 1.165) is 19.3 Å². The second-order valence-electron chi connectivity index (χ2n) is 4.44. The van der Waals surface area contributed by atoms with E-state index in [9.17, 15) is 0 Å². The summed E-state index contributed by atoms with van der Waals surface area (Å²) in [5.41, 5.74) is 17.5. The summed E-state index contributed by atoms with van der Waals surface area (Å²) in [6.45, 7) is 2.68. The zero-order chi connectivity index (χ0) is 9.95. The molecule has 0 heterocycles. The minimum atomic E-state index is -0.567. The third-order valence-electron chi connectivity index (χ3n) is 3.77. The second kappa shape index (κ2) is 3.95. The predicted octanol–water partition coefficient (Wildman–Crippen LogP) is 0.919. The molecule has 0 atom stereocenters. The second-order valence-corrected chi connectivity index (χ2v) is 4.44. The van der Waals surface area contributed by atoms with Crippen molar-refractivity contribution in [3.8, 4) is 0 Å². The smallest absolute Gasteiger partial charge is 0.0704 e. The molecule has 0 spiro atoms. The molecule has 0 aromatic heterocycles. The summed E-state index contributed by atoms with van der Waals surface area (Å²) in [5, 5.41) is 0. The van der Waals surface area contributed by atoms with E-state index < -0.39 is 5.66 Å². The molecule has 3 nitrogen and oxygen atoms in total. The van der Waals surface area contributed by atoms with Gasteiger partial charge in [-0.1, -0.05) is 26.2 Å². The number of rotatable bonds is 3. The maximum absolute atomic E-state index is 6.13. The summed E-state index contributed by atoms with van der Waals surface area (Å²) in [7, 11) is 0. The molecule has 0 bridgehead atoms. The van der Waals surface area contributed by atoms with Crippen LogP contribution >= 0.6 is 0 Å². The molecule has 0 saturated heterocycles. The van der Waals surface area contributed by atoms with Crippen LogP contribution in [0.5, 0.6) is 0 Å². The van der Waals surface area contributed by atoms with Gasteiger partial charge < -0.3 is 17.2 Å². The van der Waals surface area contributed by atoms with Gasteiger partial charge in [-0.15, -0.1) is 0 Å². The van der Waals surface area contributed by atoms with E-state index in [1.807, 2.05) is 6.92 Å². The van der Waals surface area contributed by atoms with E-state index in [1.165, 1.54) is 19.3 Å². The highest BCUT2D eigenvalue weighted by molar-refractivity contribution is 4.99. The Balaban J connectivity index is 2.78. The van der Waals surface area contributed by atoms with Gasteiger partial charge in [-0.25, -0.2) is 0 Å². The molecule has 0 unspecified atom stereocenters. The summed E-state index contributed by atoms with van der Waals surface area (Å²) in [5.74, 6) is 0. The number of nitrogens with two attached hydrogens (primary N) is 3. The van der Waals surface area contributed by atoms with Crippen LogP contribution < -0.4 is 17.2 Å². The van der Waals surface area contributed by atoms with Gasteiger partial charge in [0.15, 0.2) is 0 Å². The molecule has 13 heavy (non-hydrogen) atoms. The van der Waals surface area contributed by atoms with E-state index in [0.29, 0.717) is 6.54 Å². The fraction of sp³-hybridized carbons (Fsp3) is 1.00. The summed E-state index contributed by atoms with van der Waals surface area (Å²) in [6.07, 6.45) is 6.78. The molecule has 78 valence electrons. The van der Waals surface area contributed by atoms with Crippen LogP contribution in [0.15, 0.2) is 0 Å². The minimum Gasteiger partial charge on any atom is -0.330 e. The van der Waals surface area contributed by atoms with Gasteiger partial charge in [-0.3, -0.25) is 0 Å². The highest BCUT2D eigenvalue weighted by Gasteiger charge is 2.44. The summed E-state index contributed by atoms with van der Waals surface area (Å²) in [4.78, 5) is 0. The van der Waals surface area contributed by atoms with E-state index in [1.54, 1.807) is 0 Å². The molecule has 1 aliphatic carbocycles. The topological polar surface area (TPSA) is 78.1 Å². The quantitative estimate of drug-likeness (QED) is 0.572. The Hall–Kier alpha value is -0.120. The normalized spacial score (nSPS) is 23.1.